The van der Waals surface area contributed by atoms with Gasteiger partial charge in [-0.2, -0.15) is 0 Å². The fourth-order valence-corrected chi connectivity index (χ4v) is 4.29. The number of hydrazine groups is 1. The Bertz CT molecular complexity index is 1090. The Morgan fingerprint density at radius 1 is 0.794 bits per heavy atom. The highest BCUT2D eigenvalue weighted by molar-refractivity contribution is 7.98. The van der Waals surface area contributed by atoms with Crippen LogP contribution in [0, 0.1) is 13.8 Å². The lowest BCUT2D eigenvalue weighted by molar-refractivity contribution is 0.0846. The Balaban J connectivity index is 1.49. The number of nitrogens with zero attached hydrogens (tertiary/aromatic N) is 3. The third-order valence-electron chi connectivity index (χ3n) is 5.35. The third kappa shape index (κ3) is 7.40. The molecule has 1 aromatic heterocycles. The number of nitrogens with one attached hydrogen (secondary N) is 2. The molecule has 2 N–H and O–H groups in total. The van der Waals surface area contributed by atoms with E-state index in [1.54, 1.807) is 36.0 Å². The minimum absolute atomic E-state index is 0.357. The molecule has 0 radical (unpaired) electrons. The number of hydrogen-bond donors (Lipinski definition) is 2. The molecule has 2 aromatic carbocycles. The van der Waals surface area contributed by atoms with Crippen LogP contribution in [0.15, 0.2) is 59.8 Å². The number of carbonyl (C=O) groups excluding carboxylic acids is 2. The van der Waals surface area contributed by atoms with Gasteiger partial charge in [-0.05, 0) is 68.4 Å². The molecule has 3 rings (SSSR count). The Kier molecular flexibility index (Phi) is 9.18. The number of amides is 2. The molecule has 2 amide bonds. The van der Waals surface area contributed by atoms with E-state index in [1.165, 1.54) is 0 Å². The molecule has 8 heteroatoms. The van der Waals surface area contributed by atoms with Gasteiger partial charge in [-0.15, -0.1) is 0 Å². The first-order valence-electron chi connectivity index (χ1n) is 11.3. The summed E-state index contributed by atoms with van der Waals surface area (Å²) in [7, 11) is 0. The van der Waals surface area contributed by atoms with Crippen LogP contribution in [-0.4, -0.2) is 39.8 Å². The minimum atomic E-state index is -0.372. The molecule has 1 heterocycles. The summed E-state index contributed by atoms with van der Waals surface area (Å²) >= 11 is 1.55. The van der Waals surface area contributed by atoms with Crippen molar-refractivity contribution in [2.75, 3.05) is 13.1 Å². The molecule has 3 aromatic rings. The number of aromatic nitrogens is 2. The summed E-state index contributed by atoms with van der Waals surface area (Å²) in [6.07, 6.45) is 0. The van der Waals surface area contributed by atoms with Crippen LogP contribution < -0.4 is 10.9 Å². The standard InChI is InChI=1S/C26H31N5O2S/c1-5-31(6-2)16-20-7-11-22(12-8-20)24(32)29-30-25(33)23-13-9-21(10-14-23)17-34-26-27-18(3)15-19(4)28-26/h7-15H,5-6,16-17H2,1-4H3,(H,29,32)(H,30,33). The van der Waals surface area contributed by atoms with Gasteiger partial charge >= 0.3 is 0 Å². The first-order valence-corrected chi connectivity index (χ1v) is 12.3. The Labute approximate surface area is 205 Å². The summed E-state index contributed by atoms with van der Waals surface area (Å²) in [5.41, 5.74) is 10.0. The van der Waals surface area contributed by atoms with E-state index in [2.05, 4.69) is 39.6 Å². The van der Waals surface area contributed by atoms with Crippen LogP contribution in [0.5, 0.6) is 0 Å². The summed E-state index contributed by atoms with van der Waals surface area (Å²) in [4.78, 5) is 36.0. The lowest BCUT2D eigenvalue weighted by atomic mass is 10.1. The maximum Gasteiger partial charge on any atom is 0.269 e. The van der Waals surface area contributed by atoms with Gasteiger partial charge in [0.15, 0.2) is 5.16 Å². The van der Waals surface area contributed by atoms with Crippen molar-refractivity contribution in [1.82, 2.24) is 25.7 Å². The molecular weight excluding hydrogens is 446 g/mol. The van der Waals surface area contributed by atoms with Crippen molar-refractivity contribution in [1.29, 1.82) is 0 Å². The molecule has 0 saturated carbocycles. The van der Waals surface area contributed by atoms with Gasteiger partial charge in [0.2, 0.25) is 0 Å². The molecule has 7 nitrogen and oxygen atoms in total. The average Bonchev–Trinajstić information content (AvgIpc) is 2.84. The highest BCUT2D eigenvalue weighted by Crippen LogP contribution is 2.20. The van der Waals surface area contributed by atoms with E-state index in [4.69, 9.17) is 0 Å². The minimum Gasteiger partial charge on any atom is -0.300 e. The van der Waals surface area contributed by atoms with Gasteiger partial charge in [-0.1, -0.05) is 49.9 Å². The molecule has 0 aliphatic heterocycles. The molecule has 0 aliphatic carbocycles. The fourth-order valence-electron chi connectivity index (χ4n) is 3.38. The van der Waals surface area contributed by atoms with Gasteiger partial charge < -0.3 is 0 Å². The van der Waals surface area contributed by atoms with Crippen molar-refractivity contribution in [3.05, 3.63) is 88.2 Å². The second kappa shape index (κ2) is 12.3. The summed E-state index contributed by atoms with van der Waals surface area (Å²) in [5.74, 6) is -0.0289. The number of carbonyl (C=O) groups is 2. The van der Waals surface area contributed by atoms with E-state index >= 15 is 0 Å². The summed E-state index contributed by atoms with van der Waals surface area (Å²) in [6.45, 7) is 11.0. The van der Waals surface area contributed by atoms with Gasteiger partial charge in [-0.25, -0.2) is 9.97 Å². The molecule has 34 heavy (non-hydrogen) atoms. The monoisotopic (exact) mass is 477 g/mol. The summed E-state index contributed by atoms with van der Waals surface area (Å²) < 4.78 is 0. The van der Waals surface area contributed by atoms with Crippen LogP contribution >= 0.6 is 11.8 Å². The summed E-state index contributed by atoms with van der Waals surface area (Å²) in [5, 5.41) is 0.739. The quantitative estimate of drug-likeness (QED) is 0.271. The lowest BCUT2D eigenvalue weighted by Crippen LogP contribution is -2.41. The number of aryl methyl sites for hydroxylation is 2. The maximum absolute atomic E-state index is 12.4. The number of hydrogen-bond acceptors (Lipinski definition) is 6. The highest BCUT2D eigenvalue weighted by Gasteiger charge is 2.10. The average molecular weight is 478 g/mol. The highest BCUT2D eigenvalue weighted by atomic mass is 32.2. The van der Waals surface area contributed by atoms with Gasteiger partial charge in [-0.3, -0.25) is 25.3 Å². The van der Waals surface area contributed by atoms with E-state index in [-0.39, 0.29) is 11.8 Å². The van der Waals surface area contributed by atoms with E-state index in [0.717, 1.165) is 47.3 Å². The van der Waals surface area contributed by atoms with E-state index < -0.39 is 0 Å². The number of benzene rings is 2. The second-order valence-corrected chi connectivity index (χ2v) is 8.93. The molecule has 0 fully saturated rings. The third-order valence-corrected chi connectivity index (χ3v) is 6.27. The smallest absolute Gasteiger partial charge is 0.269 e. The van der Waals surface area contributed by atoms with Crippen LogP contribution in [0.25, 0.3) is 0 Å². The van der Waals surface area contributed by atoms with Crippen molar-refractivity contribution >= 4 is 23.6 Å². The van der Waals surface area contributed by atoms with Crippen LogP contribution in [0.2, 0.25) is 0 Å². The van der Waals surface area contributed by atoms with E-state index in [1.807, 2.05) is 44.2 Å². The fraction of sp³-hybridized carbons (Fsp3) is 0.308. The predicted molar refractivity (Wildman–Crippen MR) is 136 cm³/mol. The van der Waals surface area contributed by atoms with Gasteiger partial charge in [0.05, 0.1) is 0 Å². The van der Waals surface area contributed by atoms with Crippen LogP contribution in [0.1, 0.15) is 57.1 Å². The van der Waals surface area contributed by atoms with Crippen molar-refractivity contribution in [2.24, 2.45) is 0 Å². The maximum atomic E-state index is 12.4. The van der Waals surface area contributed by atoms with Crippen molar-refractivity contribution < 1.29 is 9.59 Å². The van der Waals surface area contributed by atoms with E-state index in [9.17, 15) is 9.59 Å². The lowest BCUT2D eigenvalue weighted by Gasteiger charge is -2.18. The first kappa shape index (κ1) is 25.4. The Hall–Kier alpha value is -3.23. The molecule has 178 valence electrons. The Morgan fingerprint density at radius 2 is 1.26 bits per heavy atom. The number of rotatable bonds is 9. The second-order valence-electron chi connectivity index (χ2n) is 7.99. The summed E-state index contributed by atoms with van der Waals surface area (Å²) in [6, 6.07) is 16.6. The van der Waals surface area contributed by atoms with Crippen LogP contribution in [0.3, 0.4) is 0 Å². The van der Waals surface area contributed by atoms with Crippen LogP contribution in [0.4, 0.5) is 0 Å². The molecule has 0 unspecified atom stereocenters. The van der Waals surface area contributed by atoms with Crippen molar-refractivity contribution in [3.8, 4) is 0 Å². The largest absolute Gasteiger partial charge is 0.300 e. The van der Waals surface area contributed by atoms with Crippen molar-refractivity contribution in [2.45, 2.75) is 45.1 Å². The molecular formula is C26H31N5O2S. The van der Waals surface area contributed by atoms with Gasteiger partial charge in [0.25, 0.3) is 11.8 Å². The molecule has 0 aliphatic rings. The first-order chi connectivity index (χ1) is 16.4. The van der Waals surface area contributed by atoms with Gasteiger partial charge in [0.1, 0.15) is 0 Å². The van der Waals surface area contributed by atoms with Crippen molar-refractivity contribution in [3.63, 3.8) is 0 Å². The normalized spacial score (nSPS) is 10.9. The van der Waals surface area contributed by atoms with Crippen LogP contribution in [-0.2, 0) is 12.3 Å². The topological polar surface area (TPSA) is 87.2 Å². The zero-order valence-electron chi connectivity index (χ0n) is 20.1. The molecule has 0 spiro atoms. The van der Waals surface area contributed by atoms with Gasteiger partial charge in [0, 0.05) is 34.8 Å². The van der Waals surface area contributed by atoms with E-state index in [0.29, 0.717) is 16.9 Å². The zero-order valence-corrected chi connectivity index (χ0v) is 20.9. The molecule has 0 atom stereocenters. The molecule has 0 saturated heterocycles. The zero-order chi connectivity index (χ0) is 24.5. The predicted octanol–water partition coefficient (Wildman–Crippen LogP) is 4.30. The Morgan fingerprint density at radius 3 is 1.74 bits per heavy atom. The SMILES string of the molecule is CCN(CC)Cc1ccc(C(=O)NNC(=O)c2ccc(CSc3nc(C)cc(C)n3)cc2)cc1. The molecule has 0 bridgehead atoms. The number of thioether (sulfide) groups is 1.